The molecule has 0 unspecified atom stereocenters. The van der Waals surface area contributed by atoms with Crippen LogP contribution < -0.4 is 0 Å². The summed E-state index contributed by atoms with van der Waals surface area (Å²) in [4.78, 5) is 36.1. The van der Waals surface area contributed by atoms with Crippen molar-refractivity contribution < 1.29 is 14.4 Å². The summed E-state index contributed by atoms with van der Waals surface area (Å²) in [5.74, 6) is 0.318. The van der Waals surface area contributed by atoms with Crippen molar-refractivity contribution >= 4 is 28.7 Å². The number of imide groups is 1. The lowest BCUT2D eigenvalue weighted by atomic mass is 10.1. The first-order valence-corrected chi connectivity index (χ1v) is 7.18. The Hall–Kier alpha value is -1.62. The monoisotopic (exact) mass is 277 g/mol. The van der Waals surface area contributed by atoms with Crippen molar-refractivity contribution in [3.8, 4) is 0 Å². The van der Waals surface area contributed by atoms with Gasteiger partial charge < -0.3 is 0 Å². The van der Waals surface area contributed by atoms with Gasteiger partial charge in [-0.2, -0.15) is 0 Å². The van der Waals surface area contributed by atoms with E-state index in [0.717, 1.165) is 18.6 Å². The molecule has 1 aromatic carbocycles. The maximum atomic E-state index is 12.0. The van der Waals surface area contributed by atoms with Gasteiger partial charge in [-0.05, 0) is 25.0 Å². The summed E-state index contributed by atoms with van der Waals surface area (Å²) in [5.41, 5.74) is 0.983. The molecular weight excluding hydrogens is 262 g/mol. The number of hydrogen-bond donors (Lipinski definition) is 0. The third-order valence-electron chi connectivity index (χ3n) is 2.96. The van der Waals surface area contributed by atoms with Crippen LogP contribution in [0, 0.1) is 0 Å². The number of amides is 2. The van der Waals surface area contributed by atoms with Crippen molar-refractivity contribution in [2.24, 2.45) is 0 Å². The molecule has 0 saturated heterocycles. The van der Waals surface area contributed by atoms with E-state index in [1.807, 2.05) is 0 Å². The van der Waals surface area contributed by atoms with Gasteiger partial charge in [0.25, 0.3) is 11.8 Å². The summed E-state index contributed by atoms with van der Waals surface area (Å²) in [6, 6.07) is 6.89. The zero-order valence-electron chi connectivity index (χ0n) is 10.7. The van der Waals surface area contributed by atoms with Crippen LogP contribution in [-0.4, -0.2) is 34.1 Å². The molecule has 0 spiro atoms. The fourth-order valence-corrected chi connectivity index (χ4v) is 2.67. The Balaban J connectivity index is 1.88. The lowest BCUT2D eigenvalue weighted by Gasteiger charge is -2.13. The molecule has 1 heterocycles. The van der Waals surface area contributed by atoms with E-state index in [-0.39, 0.29) is 16.9 Å². The zero-order chi connectivity index (χ0) is 13.8. The first-order valence-electron chi connectivity index (χ1n) is 6.20. The van der Waals surface area contributed by atoms with Crippen LogP contribution in [0.15, 0.2) is 24.3 Å². The molecule has 1 aliphatic heterocycles. The van der Waals surface area contributed by atoms with Crippen LogP contribution >= 0.6 is 11.8 Å². The minimum Gasteiger partial charge on any atom is -0.288 e. The Labute approximate surface area is 116 Å². The Morgan fingerprint density at radius 3 is 2.21 bits per heavy atom. The fourth-order valence-electron chi connectivity index (χ4n) is 2.03. The summed E-state index contributed by atoms with van der Waals surface area (Å²) < 4.78 is 0. The van der Waals surface area contributed by atoms with Crippen LogP contribution in [0.4, 0.5) is 0 Å². The van der Waals surface area contributed by atoms with Gasteiger partial charge in [0.05, 0.1) is 11.1 Å². The maximum absolute atomic E-state index is 12.0. The summed E-state index contributed by atoms with van der Waals surface area (Å²) in [6.07, 6.45) is 1.55. The van der Waals surface area contributed by atoms with E-state index in [1.165, 1.54) is 23.6 Å². The molecule has 2 rings (SSSR count). The number of carbonyl (C=O) groups is 3. The number of benzene rings is 1. The van der Waals surface area contributed by atoms with Crippen LogP contribution in [0.1, 0.15) is 40.5 Å². The molecule has 100 valence electrons. The van der Waals surface area contributed by atoms with Gasteiger partial charge in [-0.15, -0.1) is 0 Å². The standard InChI is InChI=1S/C14H15NO3S/c1-10(16)19-9-5-4-8-15-13(17)11-6-2-3-7-12(11)14(15)18/h2-3,6-7H,4-5,8-9H2,1H3. The molecule has 1 aliphatic rings. The smallest absolute Gasteiger partial charge is 0.261 e. The van der Waals surface area contributed by atoms with Crippen LogP contribution in [0.25, 0.3) is 0 Å². The Morgan fingerprint density at radius 2 is 1.68 bits per heavy atom. The zero-order valence-corrected chi connectivity index (χ0v) is 11.5. The highest BCUT2D eigenvalue weighted by Gasteiger charge is 2.34. The minimum atomic E-state index is -0.208. The second-order valence-electron chi connectivity index (χ2n) is 4.35. The molecule has 5 heteroatoms. The highest BCUT2D eigenvalue weighted by atomic mass is 32.2. The summed E-state index contributed by atoms with van der Waals surface area (Å²) in [5, 5.41) is 0.0979. The lowest BCUT2D eigenvalue weighted by Crippen LogP contribution is -2.30. The number of rotatable bonds is 5. The van der Waals surface area contributed by atoms with Crippen molar-refractivity contribution in [1.29, 1.82) is 0 Å². The third kappa shape index (κ3) is 3.04. The van der Waals surface area contributed by atoms with E-state index >= 15 is 0 Å². The molecule has 0 atom stereocenters. The van der Waals surface area contributed by atoms with Crippen molar-refractivity contribution in [2.75, 3.05) is 12.3 Å². The molecule has 0 saturated carbocycles. The second kappa shape index (κ2) is 6.02. The average molecular weight is 277 g/mol. The minimum absolute atomic E-state index is 0.0979. The Kier molecular flexibility index (Phi) is 4.37. The number of nitrogens with zero attached hydrogens (tertiary/aromatic N) is 1. The molecule has 0 aliphatic carbocycles. The predicted octanol–water partition coefficient (Wildman–Crippen LogP) is 2.34. The van der Waals surface area contributed by atoms with Crippen LogP contribution in [-0.2, 0) is 4.79 Å². The van der Waals surface area contributed by atoms with Gasteiger partial charge in [0.15, 0.2) is 5.12 Å². The van der Waals surface area contributed by atoms with E-state index in [2.05, 4.69) is 0 Å². The van der Waals surface area contributed by atoms with Gasteiger partial charge in [-0.25, -0.2) is 0 Å². The summed E-state index contributed by atoms with van der Waals surface area (Å²) in [6.45, 7) is 1.96. The third-order valence-corrected chi connectivity index (χ3v) is 3.86. The van der Waals surface area contributed by atoms with E-state index in [1.54, 1.807) is 24.3 Å². The van der Waals surface area contributed by atoms with Gasteiger partial charge in [-0.1, -0.05) is 23.9 Å². The number of thioether (sulfide) groups is 1. The quantitative estimate of drug-likeness (QED) is 0.612. The molecular formula is C14H15NO3S. The van der Waals surface area contributed by atoms with Crippen LogP contribution in [0.5, 0.6) is 0 Å². The van der Waals surface area contributed by atoms with E-state index in [9.17, 15) is 14.4 Å². The van der Waals surface area contributed by atoms with E-state index in [0.29, 0.717) is 17.7 Å². The second-order valence-corrected chi connectivity index (χ2v) is 5.63. The van der Waals surface area contributed by atoms with Crippen molar-refractivity contribution in [1.82, 2.24) is 4.90 Å². The van der Waals surface area contributed by atoms with Gasteiger partial charge in [0.2, 0.25) is 0 Å². The van der Waals surface area contributed by atoms with Crippen molar-refractivity contribution in [3.63, 3.8) is 0 Å². The summed E-state index contributed by atoms with van der Waals surface area (Å²) in [7, 11) is 0. The predicted molar refractivity (Wildman–Crippen MR) is 74.2 cm³/mol. The largest absolute Gasteiger partial charge is 0.288 e. The van der Waals surface area contributed by atoms with Crippen molar-refractivity contribution in [2.45, 2.75) is 19.8 Å². The number of fused-ring (bicyclic) bond motifs is 1. The number of carbonyl (C=O) groups excluding carboxylic acids is 3. The molecule has 2 amide bonds. The lowest BCUT2D eigenvalue weighted by molar-refractivity contribution is -0.109. The van der Waals surface area contributed by atoms with E-state index in [4.69, 9.17) is 0 Å². The first kappa shape index (κ1) is 13.8. The van der Waals surface area contributed by atoms with E-state index < -0.39 is 0 Å². The normalized spacial score (nSPS) is 13.8. The SMILES string of the molecule is CC(=O)SCCCCN1C(=O)c2ccccc2C1=O. The van der Waals surface area contributed by atoms with Crippen LogP contribution in [0.2, 0.25) is 0 Å². The average Bonchev–Trinajstić information content (AvgIpc) is 2.63. The molecule has 0 N–H and O–H groups in total. The molecule has 0 bridgehead atoms. The molecule has 1 aromatic rings. The van der Waals surface area contributed by atoms with Crippen LogP contribution in [0.3, 0.4) is 0 Å². The number of unbranched alkanes of at least 4 members (excludes halogenated alkanes) is 1. The molecule has 19 heavy (non-hydrogen) atoms. The van der Waals surface area contributed by atoms with Gasteiger partial charge in [0.1, 0.15) is 0 Å². The topological polar surface area (TPSA) is 54.5 Å². The molecule has 4 nitrogen and oxygen atoms in total. The first-order chi connectivity index (χ1) is 9.11. The van der Waals surface area contributed by atoms with Crippen molar-refractivity contribution in [3.05, 3.63) is 35.4 Å². The fraction of sp³-hybridized carbons (Fsp3) is 0.357. The summed E-state index contributed by atoms with van der Waals surface area (Å²) >= 11 is 1.28. The van der Waals surface area contributed by atoms with Gasteiger partial charge in [0, 0.05) is 19.2 Å². The highest BCUT2D eigenvalue weighted by molar-refractivity contribution is 8.13. The molecule has 0 radical (unpaired) electrons. The Bertz CT molecular complexity index is 492. The van der Waals surface area contributed by atoms with Gasteiger partial charge in [-0.3, -0.25) is 19.3 Å². The van der Waals surface area contributed by atoms with Gasteiger partial charge >= 0.3 is 0 Å². The number of hydrogen-bond acceptors (Lipinski definition) is 4. The molecule has 0 fully saturated rings. The molecule has 0 aromatic heterocycles. The maximum Gasteiger partial charge on any atom is 0.261 e. The highest BCUT2D eigenvalue weighted by Crippen LogP contribution is 2.22. The Morgan fingerprint density at radius 1 is 1.11 bits per heavy atom.